The van der Waals surface area contributed by atoms with Crippen molar-refractivity contribution in [2.75, 3.05) is 0 Å². The number of rotatable bonds is 3. The number of aromatic amines is 2. The Morgan fingerprint density at radius 3 is 3.00 bits per heavy atom. The van der Waals surface area contributed by atoms with Crippen molar-refractivity contribution in [2.24, 2.45) is 5.10 Å². The van der Waals surface area contributed by atoms with Crippen LogP contribution in [0.2, 0.25) is 0 Å². The number of para-hydroxylation sites is 1. The van der Waals surface area contributed by atoms with Crippen LogP contribution in [-0.4, -0.2) is 26.1 Å². The van der Waals surface area contributed by atoms with Crippen LogP contribution in [0.15, 0.2) is 29.4 Å². The SMILES string of the molecule is CCc1n[nH]c(=S)n1/N=C/c1c(C)[nH]c2ccccc12. The minimum Gasteiger partial charge on any atom is -0.358 e. The van der Waals surface area contributed by atoms with Gasteiger partial charge in [-0.15, -0.1) is 0 Å². The molecule has 2 aromatic heterocycles. The number of H-pyrrole nitrogens is 2. The van der Waals surface area contributed by atoms with Crippen LogP contribution >= 0.6 is 12.2 Å². The number of aryl methyl sites for hydroxylation is 2. The minimum atomic E-state index is 0.510. The van der Waals surface area contributed by atoms with E-state index in [1.165, 1.54) is 0 Å². The average Bonchev–Trinajstić information content (AvgIpc) is 2.96. The molecule has 0 aliphatic rings. The Hall–Kier alpha value is -2.21. The average molecular weight is 285 g/mol. The minimum absolute atomic E-state index is 0.510. The molecule has 0 amide bonds. The smallest absolute Gasteiger partial charge is 0.216 e. The predicted octanol–water partition coefficient (Wildman–Crippen LogP) is 3.18. The largest absolute Gasteiger partial charge is 0.358 e. The summed E-state index contributed by atoms with van der Waals surface area (Å²) >= 11 is 5.19. The van der Waals surface area contributed by atoms with Crippen molar-refractivity contribution in [1.29, 1.82) is 0 Å². The van der Waals surface area contributed by atoms with E-state index >= 15 is 0 Å². The van der Waals surface area contributed by atoms with Crippen molar-refractivity contribution in [1.82, 2.24) is 19.9 Å². The highest BCUT2D eigenvalue weighted by Crippen LogP contribution is 2.20. The fraction of sp³-hybridized carbons (Fsp3) is 0.214. The van der Waals surface area contributed by atoms with Gasteiger partial charge in [-0.1, -0.05) is 25.1 Å². The fourth-order valence-electron chi connectivity index (χ4n) is 2.25. The van der Waals surface area contributed by atoms with E-state index < -0.39 is 0 Å². The third-order valence-corrected chi connectivity index (χ3v) is 3.54. The van der Waals surface area contributed by atoms with E-state index in [1.54, 1.807) is 4.68 Å². The quantitative estimate of drug-likeness (QED) is 0.573. The molecule has 3 rings (SSSR count). The number of fused-ring (bicyclic) bond motifs is 1. The first-order chi connectivity index (χ1) is 9.70. The first-order valence-electron chi connectivity index (χ1n) is 6.48. The van der Waals surface area contributed by atoms with Gasteiger partial charge in [0.25, 0.3) is 0 Å². The lowest BCUT2D eigenvalue weighted by Gasteiger charge is -1.97. The molecule has 6 heteroatoms. The second-order valence-electron chi connectivity index (χ2n) is 4.56. The highest BCUT2D eigenvalue weighted by atomic mass is 32.1. The molecule has 0 radical (unpaired) electrons. The van der Waals surface area contributed by atoms with E-state index in [-0.39, 0.29) is 0 Å². The highest BCUT2D eigenvalue weighted by molar-refractivity contribution is 7.71. The van der Waals surface area contributed by atoms with Gasteiger partial charge in [-0.2, -0.15) is 14.9 Å². The maximum absolute atomic E-state index is 5.19. The molecule has 0 saturated carbocycles. The van der Waals surface area contributed by atoms with Gasteiger partial charge in [0, 0.05) is 28.6 Å². The van der Waals surface area contributed by atoms with Gasteiger partial charge in [-0.05, 0) is 25.2 Å². The number of benzene rings is 1. The van der Waals surface area contributed by atoms with Crippen molar-refractivity contribution in [3.8, 4) is 0 Å². The molecule has 0 atom stereocenters. The Morgan fingerprint density at radius 1 is 1.40 bits per heavy atom. The Morgan fingerprint density at radius 2 is 2.20 bits per heavy atom. The van der Waals surface area contributed by atoms with Crippen LogP contribution in [0.25, 0.3) is 10.9 Å². The molecule has 1 aromatic carbocycles. The fourth-order valence-corrected chi connectivity index (χ4v) is 2.45. The van der Waals surface area contributed by atoms with Gasteiger partial charge in [0.05, 0.1) is 6.21 Å². The molecule has 102 valence electrons. The van der Waals surface area contributed by atoms with Crippen LogP contribution in [0.1, 0.15) is 24.0 Å². The number of aromatic nitrogens is 4. The monoisotopic (exact) mass is 285 g/mol. The zero-order chi connectivity index (χ0) is 14.1. The lowest BCUT2D eigenvalue weighted by Crippen LogP contribution is -1.97. The van der Waals surface area contributed by atoms with Crippen LogP contribution in [0.4, 0.5) is 0 Å². The van der Waals surface area contributed by atoms with E-state index in [9.17, 15) is 0 Å². The zero-order valence-electron chi connectivity index (χ0n) is 11.3. The normalized spacial score (nSPS) is 11.7. The topological polar surface area (TPSA) is 61.8 Å². The van der Waals surface area contributed by atoms with E-state index in [1.807, 2.05) is 32.2 Å². The summed E-state index contributed by atoms with van der Waals surface area (Å²) in [5, 5.41) is 12.5. The molecule has 0 aliphatic heterocycles. The number of nitrogens with zero attached hydrogens (tertiary/aromatic N) is 3. The summed E-state index contributed by atoms with van der Waals surface area (Å²) in [4.78, 5) is 3.35. The van der Waals surface area contributed by atoms with Gasteiger partial charge in [0.2, 0.25) is 4.77 Å². The molecule has 5 nitrogen and oxygen atoms in total. The zero-order valence-corrected chi connectivity index (χ0v) is 12.2. The first-order valence-corrected chi connectivity index (χ1v) is 6.89. The van der Waals surface area contributed by atoms with Gasteiger partial charge in [0.1, 0.15) is 0 Å². The van der Waals surface area contributed by atoms with Crippen LogP contribution in [0.5, 0.6) is 0 Å². The molecule has 0 spiro atoms. The van der Waals surface area contributed by atoms with Crippen molar-refractivity contribution in [3.63, 3.8) is 0 Å². The molecule has 0 fully saturated rings. The summed E-state index contributed by atoms with van der Waals surface area (Å²) < 4.78 is 2.17. The molecule has 2 N–H and O–H groups in total. The van der Waals surface area contributed by atoms with Gasteiger partial charge in [0.15, 0.2) is 5.82 Å². The lowest BCUT2D eigenvalue weighted by molar-refractivity contribution is 0.780. The maximum Gasteiger partial charge on any atom is 0.216 e. The number of hydrogen-bond acceptors (Lipinski definition) is 3. The molecular weight excluding hydrogens is 270 g/mol. The van der Waals surface area contributed by atoms with Gasteiger partial charge in [-0.25, -0.2) is 0 Å². The lowest BCUT2D eigenvalue weighted by atomic mass is 10.1. The second-order valence-corrected chi connectivity index (χ2v) is 4.95. The highest BCUT2D eigenvalue weighted by Gasteiger charge is 2.06. The Balaban J connectivity index is 2.09. The van der Waals surface area contributed by atoms with Crippen molar-refractivity contribution in [2.45, 2.75) is 20.3 Å². The number of hydrogen-bond donors (Lipinski definition) is 2. The van der Waals surface area contributed by atoms with Gasteiger partial charge >= 0.3 is 0 Å². The second kappa shape index (κ2) is 5.05. The Labute approximate surface area is 121 Å². The van der Waals surface area contributed by atoms with E-state index in [4.69, 9.17) is 12.2 Å². The molecule has 0 aliphatic carbocycles. The molecule has 2 heterocycles. The summed E-state index contributed by atoms with van der Waals surface area (Å²) in [5.74, 6) is 0.823. The van der Waals surface area contributed by atoms with E-state index in [0.29, 0.717) is 4.77 Å². The molecule has 20 heavy (non-hydrogen) atoms. The third kappa shape index (κ3) is 2.08. The van der Waals surface area contributed by atoms with Crippen LogP contribution < -0.4 is 0 Å². The Kier molecular flexibility index (Phi) is 3.23. The van der Waals surface area contributed by atoms with Crippen LogP contribution in [0.3, 0.4) is 0 Å². The van der Waals surface area contributed by atoms with Crippen LogP contribution in [0, 0.1) is 11.7 Å². The Bertz CT molecular complexity index is 837. The molecule has 0 saturated heterocycles. The molecule has 3 aromatic rings. The van der Waals surface area contributed by atoms with Gasteiger partial charge in [-0.3, -0.25) is 5.10 Å². The maximum atomic E-state index is 5.19. The van der Waals surface area contributed by atoms with E-state index in [2.05, 4.69) is 32.4 Å². The summed E-state index contributed by atoms with van der Waals surface area (Å²) in [6.45, 7) is 4.06. The molecule has 0 unspecified atom stereocenters. The van der Waals surface area contributed by atoms with Crippen LogP contribution in [-0.2, 0) is 6.42 Å². The third-order valence-electron chi connectivity index (χ3n) is 3.28. The predicted molar refractivity (Wildman–Crippen MR) is 82.8 cm³/mol. The standard InChI is InChI=1S/C14H15N5S/c1-3-13-17-18-14(20)19(13)15-8-11-9(2)16-12-7-5-4-6-10(11)12/h4-8,16H,3H2,1-2H3,(H,18,20)/b15-8+. The van der Waals surface area contributed by atoms with Crippen molar-refractivity contribution in [3.05, 3.63) is 46.1 Å². The number of nitrogens with one attached hydrogen (secondary N) is 2. The van der Waals surface area contributed by atoms with Gasteiger partial charge < -0.3 is 4.98 Å². The van der Waals surface area contributed by atoms with E-state index in [0.717, 1.165) is 34.4 Å². The summed E-state index contributed by atoms with van der Waals surface area (Å²) in [7, 11) is 0. The first kappa shape index (κ1) is 12.8. The summed E-state index contributed by atoms with van der Waals surface area (Å²) in [5.41, 5.74) is 3.27. The van der Waals surface area contributed by atoms with Crippen molar-refractivity contribution >= 4 is 29.3 Å². The summed E-state index contributed by atoms with van der Waals surface area (Å²) in [6.07, 6.45) is 2.61. The van der Waals surface area contributed by atoms with Crippen molar-refractivity contribution < 1.29 is 0 Å². The molecular formula is C14H15N5S. The molecule has 0 bridgehead atoms. The summed E-state index contributed by atoms with van der Waals surface area (Å²) in [6, 6.07) is 8.17.